The molecule has 0 radical (unpaired) electrons. The maximum absolute atomic E-state index is 12.8. The summed E-state index contributed by atoms with van der Waals surface area (Å²) in [5.74, 6) is -0.932. The molecule has 2 rings (SSSR count). The van der Waals surface area contributed by atoms with Gasteiger partial charge in [0.15, 0.2) is 18.7 Å². The van der Waals surface area contributed by atoms with Crippen molar-refractivity contribution in [3.63, 3.8) is 0 Å². The first-order valence-electron chi connectivity index (χ1n) is 19.6. The molecule has 0 aromatic heterocycles. The number of hydrogen-bond donors (Lipinski definition) is 7. The molecule has 0 unspecified atom stereocenters. The van der Waals surface area contributed by atoms with Crippen LogP contribution in [0.25, 0.3) is 0 Å². The fraction of sp³-hybridized carbons (Fsp3) is 0.946. The minimum atomic E-state index is -1.76. The van der Waals surface area contributed by atoms with Crippen LogP contribution in [0.4, 0.5) is 0 Å². The molecule has 0 saturated carbocycles. The molecule has 0 aromatic rings. The first-order valence-corrected chi connectivity index (χ1v) is 19.6. The summed E-state index contributed by atoms with van der Waals surface area (Å²) in [6.07, 6.45) is 0.595. The van der Waals surface area contributed by atoms with Crippen molar-refractivity contribution in [2.45, 2.75) is 197 Å². The molecular weight excluding hydrogens is 684 g/mol. The summed E-state index contributed by atoms with van der Waals surface area (Å²) in [7, 11) is 0. The van der Waals surface area contributed by atoms with Gasteiger partial charge in [-0.15, -0.1) is 0 Å². The molecule has 0 amide bonds. The minimum Gasteiger partial charge on any atom is -0.462 e. The number of rotatable bonds is 28. The zero-order chi connectivity index (χ0) is 38.3. The van der Waals surface area contributed by atoms with Crippen LogP contribution >= 0.6 is 0 Å². The monoisotopic (exact) mass is 752 g/mol. The average Bonchev–Trinajstić information content (AvgIpc) is 3.13. The fourth-order valence-corrected chi connectivity index (χ4v) is 6.21. The third-order valence-electron chi connectivity index (χ3n) is 9.59. The first kappa shape index (κ1) is 46.7. The highest BCUT2D eigenvalue weighted by Crippen LogP contribution is 2.26. The van der Waals surface area contributed by atoms with Gasteiger partial charge in [-0.2, -0.15) is 0 Å². The molecule has 0 bridgehead atoms. The molecule has 11 atom stereocenters. The Morgan fingerprint density at radius 2 is 0.981 bits per heavy atom. The van der Waals surface area contributed by atoms with Gasteiger partial charge in [0.2, 0.25) is 0 Å². The summed E-state index contributed by atoms with van der Waals surface area (Å²) in [5.41, 5.74) is 0. The molecule has 0 aliphatic carbocycles. The molecule has 2 aliphatic rings. The van der Waals surface area contributed by atoms with Gasteiger partial charge in [0.05, 0.1) is 19.8 Å². The van der Waals surface area contributed by atoms with Crippen LogP contribution in [0.5, 0.6) is 0 Å². The second-order valence-corrected chi connectivity index (χ2v) is 14.1. The lowest BCUT2D eigenvalue weighted by Gasteiger charge is -2.42. The largest absolute Gasteiger partial charge is 0.462 e. The van der Waals surface area contributed by atoms with E-state index in [2.05, 4.69) is 13.8 Å². The molecule has 0 aromatic carbocycles. The van der Waals surface area contributed by atoms with Crippen LogP contribution in [0.2, 0.25) is 0 Å². The molecule has 7 N–H and O–H groups in total. The SMILES string of the molecule is CCCCCCCCCCC(=O)OC[C@H](CO[C@@H]1O[C@H](CO[C@H]2O[C@H](CO)[C@H](O)[C@H](O)[C@H]2O)[C@H](O)[C@H](O)[C@H]1O)OC(=O)CCCCCCCCCC. The predicted molar refractivity (Wildman–Crippen MR) is 188 cm³/mol. The molecule has 0 spiro atoms. The van der Waals surface area contributed by atoms with E-state index in [1.807, 2.05) is 0 Å². The molecule has 2 aliphatic heterocycles. The lowest BCUT2D eigenvalue weighted by molar-refractivity contribution is -0.332. The molecule has 15 nitrogen and oxygen atoms in total. The standard InChI is InChI=1S/C37H68O15/c1-3-5-7-9-11-13-15-17-19-28(39)47-22-25(50-29(40)20-18-16-14-12-10-8-6-4-2)23-48-36-35(46)33(44)31(42)27(52-36)24-49-37-34(45)32(43)30(41)26(21-38)51-37/h25-27,30-38,41-46H,3-24H2,1-2H3/t25-,26-,27-,30+,31+,32+,33+,34-,35-,36-,37+/m1/s1. The summed E-state index contributed by atoms with van der Waals surface area (Å²) in [6, 6.07) is 0. The number of carbonyl (C=O) groups excluding carboxylic acids is 2. The van der Waals surface area contributed by atoms with E-state index in [0.717, 1.165) is 38.5 Å². The van der Waals surface area contributed by atoms with Gasteiger partial charge in [-0.3, -0.25) is 9.59 Å². The average molecular weight is 753 g/mol. The minimum absolute atomic E-state index is 0.169. The summed E-state index contributed by atoms with van der Waals surface area (Å²) in [5, 5.41) is 71.4. The molecule has 2 fully saturated rings. The van der Waals surface area contributed by atoms with Gasteiger partial charge >= 0.3 is 11.9 Å². The van der Waals surface area contributed by atoms with Crippen LogP contribution in [0.3, 0.4) is 0 Å². The molecule has 306 valence electrons. The van der Waals surface area contributed by atoms with E-state index in [4.69, 9.17) is 28.4 Å². The molecule has 2 saturated heterocycles. The third kappa shape index (κ3) is 17.3. The van der Waals surface area contributed by atoms with Crippen molar-refractivity contribution in [3.05, 3.63) is 0 Å². The van der Waals surface area contributed by atoms with Gasteiger partial charge < -0.3 is 64.2 Å². The Morgan fingerprint density at radius 3 is 1.50 bits per heavy atom. The molecular formula is C37H68O15. The topological polar surface area (TPSA) is 231 Å². The molecule has 2 heterocycles. The van der Waals surface area contributed by atoms with E-state index >= 15 is 0 Å². The number of esters is 2. The maximum Gasteiger partial charge on any atom is 0.306 e. The highest BCUT2D eigenvalue weighted by atomic mass is 16.7. The van der Waals surface area contributed by atoms with Crippen LogP contribution in [0.15, 0.2) is 0 Å². The summed E-state index contributed by atoms with van der Waals surface area (Å²) in [4.78, 5) is 25.3. The zero-order valence-corrected chi connectivity index (χ0v) is 31.3. The van der Waals surface area contributed by atoms with Gasteiger partial charge in [0.25, 0.3) is 0 Å². The van der Waals surface area contributed by atoms with E-state index in [-0.39, 0.29) is 26.1 Å². The van der Waals surface area contributed by atoms with E-state index < -0.39 is 92.7 Å². The van der Waals surface area contributed by atoms with Crippen molar-refractivity contribution in [2.24, 2.45) is 0 Å². The summed E-state index contributed by atoms with van der Waals surface area (Å²) >= 11 is 0. The van der Waals surface area contributed by atoms with Crippen molar-refractivity contribution in [2.75, 3.05) is 26.4 Å². The first-order chi connectivity index (χ1) is 25.0. The zero-order valence-electron chi connectivity index (χ0n) is 31.3. The molecule has 52 heavy (non-hydrogen) atoms. The smallest absolute Gasteiger partial charge is 0.306 e. The lowest BCUT2D eigenvalue weighted by atomic mass is 9.98. The second-order valence-electron chi connectivity index (χ2n) is 14.1. The maximum atomic E-state index is 12.8. The van der Waals surface area contributed by atoms with Crippen LogP contribution in [-0.2, 0) is 38.0 Å². The summed E-state index contributed by atoms with van der Waals surface area (Å²) in [6.45, 7) is 2.47. The van der Waals surface area contributed by atoms with Gasteiger partial charge in [-0.25, -0.2) is 0 Å². The molecule has 15 heteroatoms. The fourth-order valence-electron chi connectivity index (χ4n) is 6.21. The van der Waals surface area contributed by atoms with Crippen molar-refractivity contribution in [1.29, 1.82) is 0 Å². The van der Waals surface area contributed by atoms with Gasteiger partial charge in [-0.1, -0.05) is 104 Å². The Balaban J connectivity index is 1.92. The number of aliphatic hydroxyl groups excluding tert-OH is 7. The lowest BCUT2D eigenvalue weighted by Crippen LogP contribution is -2.61. The van der Waals surface area contributed by atoms with Crippen molar-refractivity contribution in [1.82, 2.24) is 0 Å². The highest BCUT2D eigenvalue weighted by Gasteiger charge is 2.47. The number of carbonyl (C=O) groups is 2. The van der Waals surface area contributed by atoms with E-state index in [9.17, 15) is 45.3 Å². The number of unbranched alkanes of at least 4 members (excludes halogenated alkanes) is 14. The van der Waals surface area contributed by atoms with Gasteiger partial charge in [0.1, 0.15) is 55.4 Å². The Kier molecular flexibility index (Phi) is 24.3. The van der Waals surface area contributed by atoms with Gasteiger partial charge in [0, 0.05) is 12.8 Å². The van der Waals surface area contributed by atoms with Gasteiger partial charge in [-0.05, 0) is 12.8 Å². The Labute approximate surface area is 308 Å². The Hall–Kier alpha value is -1.50. The van der Waals surface area contributed by atoms with Crippen LogP contribution in [-0.4, -0.2) is 142 Å². The number of ether oxygens (including phenoxy) is 6. The predicted octanol–water partition coefficient (Wildman–Crippen LogP) is 2.14. The van der Waals surface area contributed by atoms with Crippen molar-refractivity contribution >= 4 is 11.9 Å². The van der Waals surface area contributed by atoms with E-state index in [1.54, 1.807) is 0 Å². The van der Waals surface area contributed by atoms with E-state index in [1.165, 1.54) is 51.4 Å². The Morgan fingerprint density at radius 1 is 0.538 bits per heavy atom. The Bertz CT molecular complexity index is 939. The third-order valence-corrected chi connectivity index (χ3v) is 9.59. The second kappa shape index (κ2) is 27.1. The highest BCUT2D eigenvalue weighted by molar-refractivity contribution is 5.70. The summed E-state index contributed by atoms with van der Waals surface area (Å²) < 4.78 is 33.2. The van der Waals surface area contributed by atoms with Crippen LogP contribution in [0.1, 0.15) is 129 Å². The van der Waals surface area contributed by atoms with E-state index in [0.29, 0.717) is 12.8 Å². The van der Waals surface area contributed by atoms with Crippen LogP contribution < -0.4 is 0 Å². The van der Waals surface area contributed by atoms with Crippen LogP contribution in [0, 0.1) is 0 Å². The number of hydrogen-bond acceptors (Lipinski definition) is 15. The quantitative estimate of drug-likeness (QED) is 0.0449. The van der Waals surface area contributed by atoms with Crippen molar-refractivity contribution < 1.29 is 73.8 Å². The number of aliphatic hydroxyl groups is 7. The normalized spacial score (nSPS) is 29.9. The van der Waals surface area contributed by atoms with Crippen molar-refractivity contribution in [3.8, 4) is 0 Å².